The molecule has 0 saturated heterocycles. The second-order valence-electron chi connectivity index (χ2n) is 4.47. The fourth-order valence-electron chi connectivity index (χ4n) is 1.92. The van der Waals surface area contributed by atoms with E-state index in [0.29, 0.717) is 6.42 Å². The van der Waals surface area contributed by atoms with Gasteiger partial charge in [0.05, 0.1) is 5.56 Å². The molecular formula is C16H14O4. The van der Waals surface area contributed by atoms with Crippen LogP contribution in [0.25, 0.3) is 11.1 Å². The van der Waals surface area contributed by atoms with Crippen LogP contribution in [0.3, 0.4) is 0 Å². The molecule has 0 fully saturated rings. The predicted molar refractivity (Wildman–Crippen MR) is 74.8 cm³/mol. The Labute approximate surface area is 116 Å². The fraction of sp³-hybridized carbons (Fsp3) is 0.125. The summed E-state index contributed by atoms with van der Waals surface area (Å²) in [5.74, 6) is -1.75. The van der Waals surface area contributed by atoms with Crippen LogP contribution in [-0.4, -0.2) is 22.2 Å². The topological polar surface area (TPSA) is 74.6 Å². The minimum Gasteiger partial charge on any atom is -0.481 e. The van der Waals surface area contributed by atoms with Gasteiger partial charge in [0.25, 0.3) is 0 Å². The van der Waals surface area contributed by atoms with Crippen LogP contribution in [0.1, 0.15) is 22.3 Å². The largest absolute Gasteiger partial charge is 0.481 e. The van der Waals surface area contributed by atoms with Crippen LogP contribution in [0.5, 0.6) is 0 Å². The van der Waals surface area contributed by atoms with Gasteiger partial charge in [-0.3, -0.25) is 4.79 Å². The fourth-order valence-corrected chi connectivity index (χ4v) is 1.92. The number of carbonyl (C=O) groups is 2. The minimum absolute atomic E-state index is 0.118. The van der Waals surface area contributed by atoms with Crippen LogP contribution < -0.4 is 0 Å². The van der Waals surface area contributed by atoms with Gasteiger partial charge < -0.3 is 10.2 Å². The van der Waals surface area contributed by atoms with E-state index in [4.69, 9.17) is 10.2 Å². The molecule has 0 aromatic heterocycles. The quantitative estimate of drug-likeness (QED) is 0.875. The van der Waals surface area contributed by atoms with Gasteiger partial charge in [0.2, 0.25) is 0 Å². The van der Waals surface area contributed by atoms with E-state index in [1.165, 1.54) is 0 Å². The Morgan fingerprint density at radius 1 is 0.800 bits per heavy atom. The van der Waals surface area contributed by atoms with E-state index in [1.807, 2.05) is 24.3 Å². The molecular weight excluding hydrogens is 256 g/mol. The lowest BCUT2D eigenvalue weighted by Gasteiger charge is -2.04. The van der Waals surface area contributed by atoms with Gasteiger partial charge in [-0.05, 0) is 35.2 Å². The standard InChI is InChI=1S/C16H14O4/c17-15(18)10-3-11-1-4-12(5-2-11)13-6-8-14(9-7-13)16(19)20/h1-2,4-9H,3,10H2,(H,17,18)(H,19,20). The van der Waals surface area contributed by atoms with E-state index >= 15 is 0 Å². The average molecular weight is 270 g/mol. The SMILES string of the molecule is O=C(O)CCc1ccc(-c2ccc(C(=O)O)cc2)cc1. The van der Waals surface area contributed by atoms with E-state index in [1.54, 1.807) is 24.3 Å². The van der Waals surface area contributed by atoms with Crippen molar-refractivity contribution in [2.75, 3.05) is 0 Å². The molecule has 0 atom stereocenters. The highest BCUT2D eigenvalue weighted by atomic mass is 16.4. The number of aryl methyl sites for hydroxylation is 1. The molecule has 2 rings (SSSR count). The molecule has 0 heterocycles. The molecule has 4 nitrogen and oxygen atoms in total. The minimum atomic E-state index is -0.944. The zero-order valence-electron chi connectivity index (χ0n) is 10.7. The number of aliphatic carboxylic acids is 1. The van der Waals surface area contributed by atoms with E-state index in [0.717, 1.165) is 16.7 Å². The van der Waals surface area contributed by atoms with Crippen molar-refractivity contribution in [3.05, 3.63) is 59.7 Å². The molecule has 4 heteroatoms. The number of carboxylic acid groups (broad SMARTS) is 2. The first-order valence-corrected chi connectivity index (χ1v) is 6.21. The summed E-state index contributed by atoms with van der Waals surface area (Å²) in [7, 11) is 0. The number of benzene rings is 2. The van der Waals surface area contributed by atoms with Crippen molar-refractivity contribution in [2.24, 2.45) is 0 Å². The zero-order chi connectivity index (χ0) is 14.5. The molecule has 0 aliphatic carbocycles. The number of hydrogen-bond acceptors (Lipinski definition) is 2. The van der Waals surface area contributed by atoms with Gasteiger partial charge in [0, 0.05) is 6.42 Å². The lowest BCUT2D eigenvalue weighted by atomic mass is 10.0. The number of rotatable bonds is 5. The summed E-state index contributed by atoms with van der Waals surface area (Å²) in [6.07, 6.45) is 0.625. The van der Waals surface area contributed by atoms with Crippen molar-refractivity contribution in [1.82, 2.24) is 0 Å². The summed E-state index contributed by atoms with van der Waals surface area (Å²) in [5.41, 5.74) is 3.13. The van der Waals surface area contributed by atoms with Gasteiger partial charge in [-0.15, -0.1) is 0 Å². The second-order valence-corrected chi connectivity index (χ2v) is 4.47. The van der Waals surface area contributed by atoms with Crippen molar-refractivity contribution < 1.29 is 19.8 Å². The smallest absolute Gasteiger partial charge is 0.335 e. The maximum atomic E-state index is 10.8. The summed E-state index contributed by atoms with van der Waals surface area (Å²) in [5, 5.41) is 17.5. The van der Waals surface area contributed by atoms with E-state index in [2.05, 4.69) is 0 Å². The Kier molecular flexibility index (Phi) is 4.15. The Morgan fingerprint density at radius 2 is 1.30 bits per heavy atom. The molecule has 0 aliphatic heterocycles. The van der Waals surface area contributed by atoms with Crippen LogP contribution >= 0.6 is 0 Å². The molecule has 2 N–H and O–H groups in total. The van der Waals surface area contributed by atoms with Gasteiger partial charge in [-0.1, -0.05) is 36.4 Å². The molecule has 2 aromatic carbocycles. The first-order chi connectivity index (χ1) is 9.56. The molecule has 0 aliphatic rings. The third-order valence-electron chi connectivity index (χ3n) is 3.05. The Hall–Kier alpha value is -2.62. The summed E-state index contributed by atoms with van der Waals surface area (Å²) in [6.45, 7) is 0. The van der Waals surface area contributed by atoms with Crippen molar-refractivity contribution >= 4 is 11.9 Å². The maximum Gasteiger partial charge on any atom is 0.335 e. The van der Waals surface area contributed by atoms with Crippen molar-refractivity contribution in [1.29, 1.82) is 0 Å². The number of carboxylic acids is 2. The molecule has 0 unspecified atom stereocenters. The highest BCUT2D eigenvalue weighted by molar-refractivity contribution is 5.88. The molecule has 2 aromatic rings. The molecule has 0 saturated carbocycles. The van der Waals surface area contributed by atoms with Crippen LogP contribution in [0.2, 0.25) is 0 Å². The Bertz CT molecular complexity index is 612. The molecule has 0 bridgehead atoms. The predicted octanol–water partition coefficient (Wildman–Crippen LogP) is 3.07. The monoisotopic (exact) mass is 270 g/mol. The summed E-state index contributed by atoms with van der Waals surface area (Å²) in [6, 6.07) is 14.3. The summed E-state index contributed by atoms with van der Waals surface area (Å²) < 4.78 is 0. The second kappa shape index (κ2) is 6.02. The highest BCUT2D eigenvalue weighted by Gasteiger charge is 2.04. The number of aromatic carboxylic acids is 1. The molecule has 0 amide bonds. The Morgan fingerprint density at radius 3 is 1.75 bits per heavy atom. The third-order valence-corrected chi connectivity index (χ3v) is 3.05. The van der Waals surface area contributed by atoms with Crippen LogP contribution in [0.15, 0.2) is 48.5 Å². The molecule has 0 spiro atoms. The zero-order valence-corrected chi connectivity index (χ0v) is 10.7. The average Bonchev–Trinajstić information content (AvgIpc) is 2.46. The van der Waals surface area contributed by atoms with Gasteiger partial charge in [-0.25, -0.2) is 4.79 Å². The molecule has 20 heavy (non-hydrogen) atoms. The van der Waals surface area contributed by atoms with Gasteiger partial charge in [0.1, 0.15) is 0 Å². The summed E-state index contributed by atoms with van der Waals surface area (Å²) in [4.78, 5) is 21.3. The van der Waals surface area contributed by atoms with Gasteiger partial charge >= 0.3 is 11.9 Å². The lowest BCUT2D eigenvalue weighted by molar-refractivity contribution is -0.136. The molecule has 102 valence electrons. The van der Waals surface area contributed by atoms with Crippen molar-refractivity contribution in [3.63, 3.8) is 0 Å². The van der Waals surface area contributed by atoms with E-state index in [-0.39, 0.29) is 12.0 Å². The Balaban J connectivity index is 2.13. The van der Waals surface area contributed by atoms with Crippen molar-refractivity contribution in [3.8, 4) is 11.1 Å². The van der Waals surface area contributed by atoms with Gasteiger partial charge in [0.15, 0.2) is 0 Å². The molecule has 0 radical (unpaired) electrons. The normalized spacial score (nSPS) is 10.2. The first-order valence-electron chi connectivity index (χ1n) is 6.21. The van der Waals surface area contributed by atoms with Gasteiger partial charge in [-0.2, -0.15) is 0 Å². The van der Waals surface area contributed by atoms with Crippen LogP contribution in [0.4, 0.5) is 0 Å². The lowest BCUT2D eigenvalue weighted by Crippen LogP contribution is -1.97. The van der Waals surface area contributed by atoms with Crippen LogP contribution in [-0.2, 0) is 11.2 Å². The van der Waals surface area contributed by atoms with E-state index in [9.17, 15) is 9.59 Å². The summed E-state index contributed by atoms with van der Waals surface area (Å²) >= 11 is 0. The number of hydrogen-bond donors (Lipinski definition) is 2. The van der Waals surface area contributed by atoms with E-state index < -0.39 is 11.9 Å². The first kappa shape index (κ1) is 13.8. The maximum absolute atomic E-state index is 10.8. The highest BCUT2D eigenvalue weighted by Crippen LogP contribution is 2.20. The van der Waals surface area contributed by atoms with Crippen LogP contribution in [0, 0.1) is 0 Å². The third kappa shape index (κ3) is 3.45. The van der Waals surface area contributed by atoms with Crippen molar-refractivity contribution in [2.45, 2.75) is 12.8 Å².